The summed E-state index contributed by atoms with van der Waals surface area (Å²) in [7, 11) is 1.65. The number of aromatic nitrogens is 3. The maximum absolute atomic E-state index is 12.2. The number of methoxy groups -OCH3 is 1. The number of rotatable bonds is 5. The number of nitrogens with one attached hydrogen (secondary N) is 1. The van der Waals surface area contributed by atoms with Gasteiger partial charge in [-0.2, -0.15) is 5.10 Å². The number of nitrogens with zero attached hydrogens (tertiary/aromatic N) is 2. The Kier molecular flexibility index (Phi) is 4.63. The van der Waals surface area contributed by atoms with Gasteiger partial charge in [0, 0.05) is 37.1 Å². The van der Waals surface area contributed by atoms with Crippen LogP contribution >= 0.6 is 0 Å². The predicted octanol–water partition coefficient (Wildman–Crippen LogP) is 1.73. The standard InChI is InChI=1S/C17H21N3O5/c1-9-4-5-11-10(8-18-20(11)6-3-7-25-2)14-12(9)15(21)13(17(23)24)16(22)19-14/h8-9H,3-7H2,1-2H3,(H,23,24)(H2,19,21,22)/t9-/m0/s1. The van der Waals surface area contributed by atoms with Crippen molar-refractivity contribution >= 4 is 5.97 Å². The molecule has 0 saturated heterocycles. The third-order valence-corrected chi connectivity index (χ3v) is 4.68. The lowest BCUT2D eigenvalue weighted by molar-refractivity contribution is 0.0691. The number of carboxylic acids is 1. The number of aromatic carboxylic acids is 1. The van der Waals surface area contributed by atoms with E-state index < -0.39 is 22.8 Å². The minimum absolute atomic E-state index is 0.0928. The minimum atomic E-state index is -1.44. The van der Waals surface area contributed by atoms with Crippen LogP contribution in [-0.2, 0) is 17.7 Å². The molecule has 2 heterocycles. The molecule has 0 aliphatic heterocycles. The highest BCUT2D eigenvalue weighted by Gasteiger charge is 2.30. The molecule has 2 aromatic rings. The molecule has 0 radical (unpaired) electrons. The largest absolute Gasteiger partial charge is 0.506 e. The molecule has 0 amide bonds. The monoisotopic (exact) mass is 347 g/mol. The van der Waals surface area contributed by atoms with E-state index in [1.807, 2.05) is 11.6 Å². The van der Waals surface area contributed by atoms with E-state index in [-0.39, 0.29) is 5.92 Å². The number of carboxylic acid groups (broad SMARTS) is 1. The van der Waals surface area contributed by atoms with Gasteiger partial charge in [-0.25, -0.2) is 4.79 Å². The van der Waals surface area contributed by atoms with Gasteiger partial charge in [0.1, 0.15) is 5.75 Å². The lowest BCUT2D eigenvalue weighted by Gasteiger charge is -2.15. The van der Waals surface area contributed by atoms with Crippen LogP contribution in [-0.4, -0.2) is 44.7 Å². The van der Waals surface area contributed by atoms with E-state index in [0.29, 0.717) is 30.8 Å². The van der Waals surface area contributed by atoms with Crippen molar-refractivity contribution in [2.45, 2.75) is 38.6 Å². The third kappa shape index (κ3) is 2.93. The van der Waals surface area contributed by atoms with Gasteiger partial charge in [0.25, 0.3) is 5.56 Å². The van der Waals surface area contributed by atoms with Gasteiger partial charge in [0.05, 0.1) is 11.9 Å². The van der Waals surface area contributed by atoms with Crippen molar-refractivity contribution in [1.82, 2.24) is 14.8 Å². The van der Waals surface area contributed by atoms with Crippen molar-refractivity contribution < 1.29 is 19.7 Å². The molecule has 0 aromatic carbocycles. The molecule has 1 aliphatic carbocycles. The Bertz CT molecular complexity index is 868. The molecule has 134 valence electrons. The van der Waals surface area contributed by atoms with Gasteiger partial charge >= 0.3 is 5.97 Å². The van der Waals surface area contributed by atoms with Gasteiger partial charge in [-0.3, -0.25) is 9.48 Å². The highest BCUT2D eigenvalue weighted by molar-refractivity contribution is 5.92. The SMILES string of the molecule is COCCCn1ncc2c1CC[C@H](C)c1c-2[nH]c(=O)c(C(=O)O)c1O. The zero-order valence-electron chi connectivity index (χ0n) is 14.2. The maximum atomic E-state index is 12.2. The number of aromatic hydroxyl groups is 1. The summed E-state index contributed by atoms with van der Waals surface area (Å²) in [6, 6.07) is 0. The summed E-state index contributed by atoms with van der Waals surface area (Å²) >= 11 is 0. The second kappa shape index (κ2) is 6.72. The van der Waals surface area contributed by atoms with Crippen LogP contribution in [0.2, 0.25) is 0 Å². The summed E-state index contributed by atoms with van der Waals surface area (Å²) in [6.45, 7) is 3.23. The molecule has 0 bridgehead atoms. The van der Waals surface area contributed by atoms with E-state index in [0.717, 1.165) is 24.1 Å². The first-order valence-electron chi connectivity index (χ1n) is 8.22. The molecular formula is C17H21N3O5. The Morgan fingerprint density at radius 2 is 2.28 bits per heavy atom. The van der Waals surface area contributed by atoms with Crippen LogP contribution in [0.15, 0.2) is 11.0 Å². The lowest BCUT2D eigenvalue weighted by atomic mass is 9.94. The Balaban J connectivity index is 2.15. The van der Waals surface area contributed by atoms with E-state index in [9.17, 15) is 19.8 Å². The smallest absolute Gasteiger partial charge is 0.345 e. The second-order valence-electron chi connectivity index (χ2n) is 6.29. The first-order chi connectivity index (χ1) is 12.0. The summed E-state index contributed by atoms with van der Waals surface area (Å²) in [4.78, 5) is 26.1. The van der Waals surface area contributed by atoms with Crippen LogP contribution < -0.4 is 5.56 Å². The zero-order chi connectivity index (χ0) is 18.1. The van der Waals surface area contributed by atoms with Crippen molar-refractivity contribution in [2.24, 2.45) is 0 Å². The van der Waals surface area contributed by atoms with Crippen LogP contribution in [0.5, 0.6) is 5.75 Å². The number of pyridine rings is 1. The van der Waals surface area contributed by atoms with Gasteiger partial charge in [-0.15, -0.1) is 0 Å². The zero-order valence-corrected chi connectivity index (χ0v) is 14.2. The van der Waals surface area contributed by atoms with Gasteiger partial charge in [0.2, 0.25) is 0 Å². The highest BCUT2D eigenvalue weighted by Crippen LogP contribution is 2.41. The molecular weight excluding hydrogens is 326 g/mol. The van der Waals surface area contributed by atoms with Gasteiger partial charge in [-0.1, -0.05) is 6.92 Å². The molecule has 3 N–H and O–H groups in total. The minimum Gasteiger partial charge on any atom is -0.506 e. The molecule has 1 atom stereocenters. The van der Waals surface area contributed by atoms with Crippen LogP contribution in [0.25, 0.3) is 11.3 Å². The van der Waals surface area contributed by atoms with Gasteiger partial charge in [0.15, 0.2) is 5.56 Å². The fourth-order valence-corrected chi connectivity index (χ4v) is 3.43. The molecule has 2 aromatic heterocycles. The first kappa shape index (κ1) is 17.2. The van der Waals surface area contributed by atoms with Crippen LogP contribution in [0, 0.1) is 0 Å². The molecule has 1 aliphatic rings. The first-order valence-corrected chi connectivity index (χ1v) is 8.22. The summed E-state index contributed by atoms with van der Waals surface area (Å²) in [6.07, 6.45) is 3.91. The number of carbonyl (C=O) groups is 1. The van der Waals surface area contributed by atoms with Crippen LogP contribution in [0.4, 0.5) is 0 Å². The number of aromatic amines is 1. The topological polar surface area (TPSA) is 117 Å². The molecule has 0 spiro atoms. The highest BCUT2D eigenvalue weighted by atomic mass is 16.5. The van der Waals surface area contributed by atoms with E-state index in [4.69, 9.17) is 4.74 Å². The van der Waals surface area contributed by atoms with E-state index in [2.05, 4.69) is 10.1 Å². The number of hydrogen-bond donors (Lipinski definition) is 3. The van der Waals surface area contributed by atoms with Crippen molar-refractivity contribution in [3.63, 3.8) is 0 Å². The molecule has 25 heavy (non-hydrogen) atoms. The molecule has 0 fully saturated rings. The summed E-state index contributed by atoms with van der Waals surface area (Å²) < 4.78 is 6.96. The Morgan fingerprint density at radius 3 is 2.96 bits per heavy atom. The van der Waals surface area contributed by atoms with Crippen LogP contribution in [0.1, 0.15) is 47.3 Å². The average molecular weight is 347 g/mol. The summed E-state index contributed by atoms with van der Waals surface area (Å²) in [5, 5.41) is 24.1. The molecule has 8 heteroatoms. The quantitative estimate of drug-likeness (QED) is 0.709. The third-order valence-electron chi connectivity index (χ3n) is 4.68. The summed E-state index contributed by atoms with van der Waals surface area (Å²) in [5.74, 6) is -1.98. The fourth-order valence-electron chi connectivity index (χ4n) is 3.43. The van der Waals surface area contributed by atoms with Gasteiger partial charge < -0.3 is 19.9 Å². The van der Waals surface area contributed by atoms with E-state index in [1.165, 1.54) is 0 Å². The maximum Gasteiger partial charge on any atom is 0.345 e. The van der Waals surface area contributed by atoms with Crippen LogP contribution in [0.3, 0.4) is 0 Å². The lowest BCUT2D eigenvalue weighted by Crippen LogP contribution is -2.20. The Morgan fingerprint density at radius 1 is 1.52 bits per heavy atom. The van der Waals surface area contributed by atoms with Crippen molar-refractivity contribution in [1.29, 1.82) is 0 Å². The second-order valence-corrected chi connectivity index (χ2v) is 6.29. The normalized spacial score (nSPS) is 16.2. The Labute approximate surface area is 144 Å². The van der Waals surface area contributed by atoms with E-state index in [1.54, 1.807) is 13.3 Å². The van der Waals surface area contributed by atoms with Crippen molar-refractivity contribution in [2.75, 3.05) is 13.7 Å². The number of fused-ring (bicyclic) bond motifs is 3. The fraction of sp³-hybridized carbons (Fsp3) is 0.471. The van der Waals surface area contributed by atoms with Gasteiger partial charge in [-0.05, 0) is 25.2 Å². The Hall–Kier alpha value is -2.61. The molecule has 0 unspecified atom stereocenters. The predicted molar refractivity (Wildman–Crippen MR) is 90.1 cm³/mol. The molecule has 8 nitrogen and oxygen atoms in total. The molecule has 0 saturated carbocycles. The number of H-pyrrole nitrogens is 1. The van der Waals surface area contributed by atoms with Crippen molar-refractivity contribution in [3.05, 3.63) is 33.4 Å². The van der Waals surface area contributed by atoms with Crippen molar-refractivity contribution in [3.8, 4) is 17.0 Å². The number of hydrogen-bond acceptors (Lipinski definition) is 5. The number of aryl methyl sites for hydroxylation is 1. The average Bonchev–Trinajstić information content (AvgIpc) is 2.88. The molecule has 3 rings (SSSR count). The summed E-state index contributed by atoms with van der Waals surface area (Å²) in [5.41, 5.74) is 1.22. The number of ether oxygens (including phenoxy) is 1. The van der Waals surface area contributed by atoms with E-state index >= 15 is 0 Å².